The molecule has 8 heteroatoms. The Morgan fingerprint density at radius 1 is 1.29 bits per heavy atom. The number of aliphatic hydroxyl groups is 1. The third kappa shape index (κ3) is 5.07. The van der Waals surface area contributed by atoms with Gasteiger partial charge >= 0.3 is 0 Å². The van der Waals surface area contributed by atoms with E-state index < -0.39 is 0 Å². The minimum atomic E-state index is -0.369. The van der Waals surface area contributed by atoms with E-state index in [4.69, 9.17) is 14.5 Å². The third-order valence-electron chi connectivity index (χ3n) is 6.78. The van der Waals surface area contributed by atoms with Gasteiger partial charge in [0.2, 0.25) is 7.11 Å². The Kier molecular flexibility index (Phi) is 7.76. The van der Waals surface area contributed by atoms with Gasteiger partial charge in [0.25, 0.3) is 0 Å². The molecule has 0 radical (unpaired) electrons. The van der Waals surface area contributed by atoms with Crippen molar-refractivity contribution in [3.8, 4) is 11.3 Å². The maximum Gasteiger partial charge on any atom is 0.214 e. The monoisotopic (exact) mass is 546 g/mol. The van der Waals surface area contributed by atoms with Gasteiger partial charge in [-0.2, -0.15) is 4.74 Å². The topological polar surface area (TPSA) is 59.8 Å². The second-order valence-corrected chi connectivity index (χ2v) is 10.7. The summed E-state index contributed by atoms with van der Waals surface area (Å²) in [4.78, 5) is 7.12. The minimum absolute atomic E-state index is 0.0327. The number of ether oxygens (including phenoxy) is 2. The quantitative estimate of drug-likeness (QED) is 0.357. The Morgan fingerprint density at radius 3 is 2.63 bits per heavy atom. The fourth-order valence-electron chi connectivity index (χ4n) is 4.81. The number of anilines is 1. The molecule has 3 aromatic rings. The van der Waals surface area contributed by atoms with E-state index in [2.05, 4.69) is 45.5 Å². The number of rotatable bonds is 8. The molecule has 0 bridgehead atoms. The number of aryl methyl sites for hydroxylation is 1. The van der Waals surface area contributed by atoms with Crippen molar-refractivity contribution in [3.63, 3.8) is 0 Å². The predicted molar refractivity (Wildman–Crippen MR) is 141 cm³/mol. The van der Waals surface area contributed by atoms with E-state index in [1.807, 2.05) is 33.0 Å². The van der Waals surface area contributed by atoms with Gasteiger partial charge in [-0.05, 0) is 65.4 Å². The maximum absolute atomic E-state index is 14.7. The molecule has 1 aliphatic rings. The van der Waals surface area contributed by atoms with E-state index in [-0.39, 0.29) is 23.9 Å². The molecule has 0 unspecified atom stereocenters. The molecule has 0 aliphatic carbocycles. The minimum Gasteiger partial charge on any atom is -0.396 e. The van der Waals surface area contributed by atoms with Crippen LogP contribution in [0.5, 0.6) is 0 Å². The Hall–Kier alpha value is -2.13. The van der Waals surface area contributed by atoms with E-state index in [1.165, 1.54) is 0 Å². The highest BCUT2D eigenvalue weighted by Crippen LogP contribution is 2.42. The fraction of sp³-hybridized carbons (Fsp3) is 0.481. The molecule has 1 aliphatic heterocycles. The molecular weight excluding hydrogens is 513 g/mol. The summed E-state index contributed by atoms with van der Waals surface area (Å²) in [5.41, 5.74) is 5.20. The van der Waals surface area contributed by atoms with Crippen LogP contribution in [0, 0.1) is 18.3 Å². The zero-order valence-electron chi connectivity index (χ0n) is 20.9. The average Bonchev–Trinajstić information content (AvgIpc) is 3.15. The number of aromatic nitrogens is 2. The van der Waals surface area contributed by atoms with Gasteiger partial charge in [0.15, 0.2) is 0 Å². The van der Waals surface area contributed by atoms with Gasteiger partial charge in [-0.25, -0.2) is 4.39 Å². The normalized spacial score (nSPS) is 15.7. The van der Waals surface area contributed by atoms with Crippen LogP contribution in [0.3, 0.4) is 0 Å². The Balaban J connectivity index is 2.05. The van der Waals surface area contributed by atoms with E-state index in [0.29, 0.717) is 30.7 Å². The summed E-state index contributed by atoms with van der Waals surface area (Å²) in [6.07, 6.45) is 2.15. The van der Waals surface area contributed by atoms with Crippen molar-refractivity contribution in [2.75, 3.05) is 37.8 Å². The third-order valence-corrected chi connectivity index (χ3v) is 7.39. The van der Waals surface area contributed by atoms with Crippen LogP contribution in [0.4, 0.5) is 10.1 Å². The molecule has 4 rings (SSSR count). The molecule has 0 amide bonds. The first kappa shape index (κ1) is 25.9. The number of halogens is 2. The molecule has 1 aromatic carbocycles. The number of pyridine rings is 1. The smallest absolute Gasteiger partial charge is 0.214 e. The van der Waals surface area contributed by atoms with Gasteiger partial charge in [-0.15, -0.1) is 0 Å². The second-order valence-electron chi connectivity index (χ2n) is 9.89. The Labute approximate surface area is 215 Å². The molecule has 35 heavy (non-hydrogen) atoms. The molecular formula is C27H34BrFN3O3+. The lowest BCUT2D eigenvalue weighted by atomic mass is 9.84. The molecule has 1 saturated heterocycles. The molecule has 0 saturated carbocycles. The number of benzene rings is 1. The standard InChI is InChI=1S/C27H34BrFN3O3/c1-6-32-24-13-23(29)22(28)12-19(24)21(14-27(3,4)16-33)26(32)20-11-18(31-7-9-35-10-8-31)15-30-25(20)17(2)34-5/h11-13,15,17,33H,5-10,14,16H2,1-4H3/q+1/t17-/m0/s1. The Morgan fingerprint density at radius 2 is 2.00 bits per heavy atom. The molecule has 2 aromatic heterocycles. The Bertz CT molecular complexity index is 1200. The molecule has 6 nitrogen and oxygen atoms in total. The van der Waals surface area contributed by atoms with Crippen LogP contribution in [-0.2, 0) is 22.4 Å². The van der Waals surface area contributed by atoms with E-state index in [0.717, 1.165) is 52.2 Å². The summed E-state index contributed by atoms with van der Waals surface area (Å²) in [5, 5.41) is 11.1. The molecule has 1 fully saturated rings. The lowest BCUT2D eigenvalue weighted by Crippen LogP contribution is -2.36. The van der Waals surface area contributed by atoms with Crippen LogP contribution >= 0.6 is 15.9 Å². The number of fused-ring (bicyclic) bond motifs is 1. The molecule has 1 N–H and O–H groups in total. The van der Waals surface area contributed by atoms with Crippen molar-refractivity contribution in [1.29, 1.82) is 0 Å². The molecule has 188 valence electrons. The summed E-state index contributed by atoms with van der Waals surface area (Å²) < 4.78 is 28.3. The van der Waals surface area contributed by atoms with Crippen LogP contribution in [0.2, 0.25) is 0 Å². The van der Waals surface area contributed by atoms with Crippen molar-refractivity contribution in [1.82, 2.24) is 9.55 Å². The van der Waals surface area contributed by atoms with Crippen LogP contribution in [0.1, 0.15) is 45.1 Å². The van der Waals surface area contributed by atoms with Gasteiger partial charge in [0.1, 0.15) is 11.9 Å². The highest BCUT2D eigenvalue weighted by molar-refractivity contribution is 9.10. The summed E-state index contributed by atoms with van der Waals surface area (Å²) >= 11 is 3.38. The van der Waals surface area contributed by atoms with E-state index in [1.54, 1.807) is 6.07 Å². The summed E-state index contributed by atoms with van der Waals surface area (Å²) in [7, 11) is 3.65. The fourth-order valence-corrected chi connectivity index (χ4v) is 5.16. The van der Waals surface area contributed by atoms with E-state index in [9.17, 15) is 9.50 Å². The molecule has 3 heterocycles. The van der Waals surface area contributed by atoms with Gasteiger partial charge in [-0.1, -0.05) is 13.8 Å². The zero-order chi connectivity index (χ0) is 25.3. The summed E-state index contributed by atoms with van der Waals surface area (Å²) in [6, 6.07) is 5.59. The van der Waals surface area contributed by atoms with Crippen molar-refractivity contribution < 1.29 is 19.0 Å². The second kappa shape index (κ2) is 10.5. The molecule has 1 atom stereocenters. The van der Waals surface area contributed by atoms with E-state index >= 15 is 0 Å². The highest BCUT2D eigenvalue weighted by atomic mass is 79.9. The van der Waals surface area contributed by atoms with Gasteiger partial charge in [0.05, 0.1) is 46.5 Å². The first-order chi connectivity index (χ1) is 16.7. The number of hydrogen-bond donors (Lipinski definition) is 1. The van der Waals surface area contributed by atoms with Crippen molar-refractivity contribution >= 4 is 32.5 Å². The zero-order valence-corrected chi connectivity index (χ0v) is 22.5. The van der Waals surface area contributed by atoms with Gasteiger partial charge < -0.3 is 19.3 Å². The maximum atomic E-state index is 14.7. The lowest BCUT2D eigenvalue weighted by Gasteiger charge is -2.29. The largest absolute Gasteiger partial charge is 0.396 e. The average molecular weight is 547 g/mol. The number of hydrogen-bond acceptors (Lipinski definition) is 5. The first-order valence-electron chi connectivity index (χ1n) is 12.1. The van der Waals surface area contributed by atoms with Crippen LogP contribution < -0.4 is 4.90 Å². The number of morpholine rings is 1. The first-order valence-corrected chi connectivity index (χ1v) is 12.8. The van der Waals surface area contributed by atoms with Gasteiger partial charge in [0, 0.05) is 37.2 Å². The van der Waals surface area contributed by atoms with Gasteiger partial charge in [-0.3, -0.25) is 4.98 Å². The highest BCUT2D eigenvalue weighted by Gasteiger charge is 2.29. The SMILES string of the molecule is [CH2+]O[C@@H](C)c1ncc(N2CCOCC2)cc1-c1c(CC(C)(C)CO)c2cc(Br)c(F)cc2n1CC. The summed E-state index contributed by atoms with van der Waals surface area (Å²) in [5.74, 6) is -0.306. The number of aliphatic hydroxyl groups excluding tert-OH is 1. The predicted octanol–water partition coefficient (Wildman–Crippen LogP) is 5.89. The van der Waals surface area contributed by atoms with Crippen molar-refractivity contribution in [3.05, 3.63) is 53.1 Å². The van der Waals surface area contributed by atoms with Crippen LogP contribution in [0.15, 0.2) is 28.9 Å². The van der Waals surface area contributed by atoms with Crippen LogP contribution in [0.25, 0.3) is 22.2 Å². The summed E-state index contributed by atoms with van der Waals surface area (Å²) in [6.45, 7) is 11.7. The van der Waals surface area contributed by atoms with Crippen LogP contribution in [-0.4, -0.2) is 47.6 Å². The lowest BCUT2D eigenvalue weighted by molar-refractivity contribution is 0.122. The number of nitrogens with zero attached hydrogens (tertiary/aromatic N) is 3. The molecule has 0 spiro atoms. The van der Waals surface area contributed by atoms with Crippen molar-refractivity contribution in [2.24, 2.45) is 5.41 Å². The van der Waals surface area contributed by atoms with Crippen molar-refractivity contribution in [2.45, 2.75) is 46.8 Å².